The normalized spacial score (nSPS) is 12.8. The molecule has 0 radical (unpaired) electrons. The molecule has 0 saturated heterocycles. The summed E-state index contributed by atoms with van der Waals surface area (Å²) in [6, 6.07) is 46.4. The van der Waals surface area contributed by atoms with E-state index in [1.807, 2.05) is 54.6 Å². The molecular formula is C54H52F12N4O2Si. The molecule has 8 aromatic rings. The van der Waals surface area contributed by atoms with Gasteiger partial charge in [-0.25, -0.2) is 0 Å². The zero-order chi connectivity index (χ0) is 53.9. The van der Waals surface area contributed by atoms with Gasteiger partial charge < -0.3 is 14.5 Å². The average Bonchev–Trinajstić information content (AvgIpc) is 3.34. The van der Waals surface area contributed by atoms with Crippen LogP contribution in [0.4, 0.5) is 52.7 Å². The third-order valence-corrected chi connectivity index (χ3v) is 11.2. The van der Waals surface area contributed by atoms with Crippen molar-refractivity contribution in [1.82, 2.24) is 0 Å². The first kappa shape index (κ1) is 60.4. The highest BCUT2D eigenvalue weighted by atomic mass is 28.3. The average molecular weight is 1050 g/mol. The van der Waals surface area contributed by atoms with Gasteiger partial charge in [-0.3, -0.25) is 16.6 Å². The fourth-order valence-electron chi connectivity index (χ4n) is 6.80. The van der Waals surface area contributed by atoms with Gasteiger partial charge in [0.05, 0.1) is 0 Å². The molecule has 6 nitrogen and oxygen atoms in total. The van der Waals surface area contributed by atoms with E-state index in [9.17, 15) is 52.7 Å². The smallest absolute Gasteiger partial charge is 0.400 e. The van der Waals surface area contributed by atoms with Crippen LogP contribution in [-0.4, -0.2) is 69.4 Å². The molecule has 0 aliphatic heterocycles. The SMILES string of the molecule is C.CO.COC(N)(c1ccc2ccccc2c1)C(F)(F)F.C[Si](C)(C)N=C(c1ccc2ccccc2c1)C(F)(F)F.N=C(c1ccc2ccccc2c1)C(F)(F)F.N=C(c1ccc2ccccc2c1)C(F)(F)F. The summed E-state index contributed by atoms with van der Waals surface area (Å²) in [4.78, 5) is 0. The number of aliphatic hydroxyl groups is 1. The van der Waals surface area contributed by atoms with Crippen LogP contribution in [0.1, 0.15) is 29.7 Å². The Bertz CT molecular complexity index is 3060. The number of hydrogen-bond donors (Lipinski definition) is 4. The van der Waals surface area contributed by atoms with Crippen molar-refractivity contribution >= 4 is 68.5 Å². The largest absolute Gasteiger partial charge is 0.435 e. The molecule has 0 heterocycles. The van der Waals surface area contributed by atoms with Crippen molar-refractivity contribution in [1.29, 1.82) is 10.8 Å². The number of halogens is 12. The minimum absolute atomic E-state index is 0. The van der Waals surface area contributed by atoms with E-state index in [1.54, 1.807) is 92.4 Å². The summed E-state index contributed by atoms with van der Waals surface area (Å²) in [6.07, 6.45) is -18.3. The third-order valence-electron chi connectivity index (χ3n) is 10.3. The van der Waals surface area contributed by atoms with Crippen molar-refractivity contribution in [3.63, 3.8) is 0 Å². The van der Waals surface area contributed by atoms with Crippen LogP contribution >= 0.6 is 0 Å². The van der Waals surface area contributed by atoms with Gasteiger partial charge in [0.15, 0.2) is 8.24 Å². The minimum Gasteiger partial charge on any atom is -0.400 e. The van der Waals surface area contributed by atoms with Crippen LogP contribution in [0.5, 0.6) is 0 Å². The lowest BCUT2D eigenvalue weighted by atomic mass is 9.99. The maximum absolute atomic E-state index is 13.2. The van der Waals surface area contributed by atoms with Gasteiger partial charge >= 0.3 is 24.7 Å². The molecule has 1 atom stereocenters. The van der Waals surface area contributed by atoms with Crippen molar-refractivity contribution in [3.05, 3.63) is 192 Å². The Morgan fingerprint density at radius 3 is 1.03 bits per heavy atom. The quantitative estimate of drug-likeness (QED) is 0.0575. The molecule has 0 aromatic heterocycles. The van der Waals surface area contributed by atoms with Gasteiger partial charge in [-0.15, -0.1) is 0 Å². The van der Waals surface area contributed by atoms with E-state index >= 15 is 0 Å². The maximum Gasteiger partial charge on any atom is 0.435 e. The zero-order valence-corrected chi connectivity index (χ0v) is 40.1. The Balaban J connectivity index is 0.000000254. The molecule has 73 heavy (non-hydrogen) atoms. The van der Waals surface area contributed by atoms with Gasteiger partial charge in [0, 0.05) is 36.5 Å². The highest BCUT2D eigenvalue weighted by molar-refractivity contribution is 6.75. The number of rotatable bonds is 6. The molecule has 0 spiro atoms. The standard InChI is InChI=1S/C15H16F3NSi.C13H12F3NO.2C12H8F3N.CH4O.CH4/c1-20(2,3)19-14(15(16,17)18)13-9-8-11-6-4-5-7-12(11)10-13;1-18-12(17,13(14,15)16)11-7-6-9-4-2-3-5-10(9)8-11;2*13-12(14,15)11(16)10-6-5-8-3-1-2-4-9(8)7-10;1-2;/h4-10H,1-3H3;2-8H,17H2,1H3;2*1-7,16H;2H,1H3;1H4. The van der Waals surface area contributed by atoms with E-state index in [0.29, 0.717) is 16.2 Å². The summed E-state index contributed by atoms with van der Waals surface area (Å²) in [5.41, 5.74) is -1.01. The number of nitrogens with zero attached hydrogens (tertiary/aromatic N) is 1. The Morgan fingerprint density at radius 1 is 0.452 bits per heavy atom. The van der Waals surface area contributed by atoms with E-state index in [4.69, 9.17) is 21.7 Å². The minimum atomic E-state index is -4.68. The molecule has 0 bridgehead atoms. The molecule has 5 N–H and O–H groups in total. The number of aliphatic hydroxyl groups excluding tert-OH is 1. The van der Waals surface area contributed by atoms with E-state index in [0.717, 1.165) is 41.2 Å². The third kappa shape index (κ3) is 16.3. The molecule has 0 aliphatic rings. The number of methoxy groups -OCH3 is 1. The highest BCUT2D eigenvalue weighted by Gasteiger charge is 2.54. The second-order valence-corrected chi connectivity index (χ2v) is 21.1. The first-order valence-electron chi connectivity index (χ1n) is 21.3. The lowest BCUT2D eigenvalue weighted by molar-refractivity contribution is -0.274. The fourth-order valence-corrected chi connectivity index (χ4v) is 7.72. The van der Waals surface area contributed by atoms with Crippen LogP contribution in [0.25, 0.3) is 43.1 Å². The fraction of sp³-hybridized carbons (Fsp3) is 0.204. The summed E-state index contributed by atoms with van der Waals surface area (Å²) in [6.45, 7) is 5.37. The topological polar surface area (TPSA) is 116 Å². The van der Waals surface area contributed by atoms with Crippen LogP contribution in [0.3, 0.4) is 0 Å². The molecule has 19 heteroatoms. The second-order valence-electron chi connectivity index (χ2n) is 16.6. The van der Waals surface area contributed by atoms with Gasteiger partial charge in [-0.05, 0) is 87.0 Å². The number of nitrogens with two attached hydrogens (primary N) is 1. The number of hydrogen-bond acceptors (Lipinski definition) is 6. The Kier molecular flexibility index (Phi) is 20.4. The number of alkyl halides is 12. The predicted molar refractivity (Wildman–Crippen MR) is 271 cm³/mol. The highest BCUT2D eigenvalue weighted by Crippen LogP contribution is 2.38. The molecule has 0 amide bonds. The molecule has 0 fully saturated rings. The molecule has 0 saturated carbocycles. The number of benzene rings is 8. The summed E-state index contributed by atoms with van der Waals surface area (Å²) in [5.74, 6) is 0. The molecule has 8 aromatic carbocycles. The number of ether oxygens (including phenoxy) is 1. The Hall–Kier alpha value is -6.93. The lowest BCUT2D eigenvalue weighted by Crippen LogP contribution is -2.51. The van der Waals surface area contributed by atoms with Crippen molar-refractivity contribution < 1.29 is 62.5 Å². The van der Waals surface area contributed by atoms with Crippen LogP contribution in [-0.2, 0) is 10.5 Å². The van der Waals surface area contributed by atoms with Crippen molar-refractivity contribution in [2.24, 2.45) is 10.4 Å². The predicted octanol–water partition coefficient (Wildman–Crippen LogP) is 16.0. The summed E-state index contributed by atoms with van der Waals surface area (Å²) in [7, 11) is -0.265. The van der Waals surface area contributed by atoms with Gasteiger partial charge in [0.1, 0.15) is 17.1 Å². The Morgan fingerprint density at radius 2 is 0.740 bits per heavy atom. The second kappa shape index (κ2) is 24.7. The first-order valence-corrected chi connectivity index (χ1v) is 24.8. The van der Waals surface area contributed by atoms with Crippen molar-refractivity contribution in [2.45, 2.75) is 57.5 Å². The van der Waals surface area contributed by atoms with Crippen LogP contribution < -0.4 is 5.73 Å². The monoisotopic (exact) mass is 1040 g/mol. The van der Waals surface area contributed by atoms with E-state index < -0.39 is 55.8 Å². The molecule has 1 unspecified atom stereocenters. The molecule has 388 valence electrons. The Labute approximate surface area is 414 Å². The maximum atomic E-state index is 13.2. The van der Waals surface area contributed by atoms with Crippen molar-refractivity contribution in [2.75, 3.05) is 14.2 Å². The van der Waals surface area contributed by atoms with Crippen LogP contribution in [0.2, 0.25) is 19.6 Å². The lowest BCUT2D eigenvalue weighted by Gasteiger charge is -2.30. The zero-order valence-electron chi connectivity index (χ0n) is 39.1. The van der Waals surface area contributed by atoms with Gasteiger partial charge in [0.2, 0.25) is 5.72 Å². The van der Waals surface area contributed by atoms with Gasteiger partial charge in [-0.2, -0.15) is 52.7 Å². The van der Waals surface area contributed by atoms with Gasteiger partial charge in [0.25, 0.3) is 0 Å². The molecule has 8 rings (SSSR count). The van der Waals surface area contributed by atoms with Crippen molar-refractivity contribution in [3.8, 4) is 0 Å². The van der Waals surface area contributed by atoms with E-state index in [-0.39, 0.29) is 29.7 Å². The summed E-state index contributed by atoms with van der Waals surface area (Å²) < 4.78 is 161. The summed E-state index contributed by atoms with van der Waals surface area (Å²) >= 11 is 0. The van der Waals surface area contributed by atoms with Gasteiger partial charge in [-0.1, -0.05) is 153 Å². The summed E-state index contributed by atoms with van der Waals surface area (Å²) in [5, 5.41) is 27.4. The number of fused-ring (bicyclic) bond motifs is 4. The van der Waals surface area contributed by atoms with E-state index in [2.05, 4.69) is 9.39 Å². The first-order chi connectivity index (χ1) is 33.5. The number of nitrogens with one attached hydrogen (secondary N) is 2. The van der Waals surface area contributed by atoms with Crippen LogP contribution in [0, 0.1) is 10.8 Å². The van der Waals surface area contributed by atoms with E-state index in [1.165, 1.54) is 42.5 Å². The van der Waals surface area contributed by atoms with Crippen LogP contribution in [0.15, 0.2) is 175 Å². The molecule has 0 aliphatic carbocycles. The molecular weight excluding hydrogens is 993 g/mol.